The van der Waals surface area contributed by atoms with Crippen molar-refractivity contribution < 1.29 is 23.9 Å². The van der Waals surface area contributed by atoms with E-state index in [1.165, 1.54) is 4.90 Å². The van der Waals surface area contributed by atoms with Gasteiger partial charge in [0, 0.05) is 12.2 Å². The number of ether oxygens (including phenoxy) is 2. The van der Waals surface area contributed by atoms with Crippen LogP contribution in [0, 0.1) is 0 Å². The highest BCUT2D eigenvalue weighted by atomic mass is 16.6. The number of carbonyl (C=O) groups excluding carboxylic acids is 3. The van der Waals surface area contributed by atoms with Crippen LogP contribution in [0.1, 0.15) is 58.2 Å². The van der Waals surface area contributed by atoms with Gasteiger partial charge in [0.05, 0.1) is 7.11 Å². The van der Waals surface area contributed by atoms with E-state index in [0.717, 1.165) is 5.56 Å². The van der Waals surface area contributed by atoms with Crippen LogP contribution in [0.25, 0.3) is 6.08 Å². The van der Waals surface area contributed by atoms with Crippen molar-refractivity contribution >= 4 is 29.7 Å². The topological polar surface area (TPSA) is 97.0 Å². The number of hydrogen-bond acceptors (Lipinski definition) is 5. The van der Waals surface area contributed by atoms with Gasteiger partial charge in [-0.25, -0.2) is 4.79 Å². The number of rotatable bonds is 10. The van der Waals surface area contributed by atoms with Crippen molar-refractivity contribution in [3.63, 3.8) is 0 Å². The number of methoxy groups -OCH3 is 1. The van der Waals surface area contributed by atoms with Crippen LogP contribution in [0.4, 0.5) is 10.5 Å². The van der Waals surface area contributed by atoms with Gasteiger partial charge in [-0.05, 0) is 75.6 Å². The molecule has 0 aliphatic rings. The summed E-state index contributed by atoms with van der Waals surface area (Å²) in [5.41, 5.74) is 1.31. The molecule has 0 spiro atoms. The Labute approximate surface area is 213 Å². The molecule has 3 amide bonds. The minimum absolute atomic E-state index is 0.304. The zero-order valence-electron chi connectivity index (χ0n) is 22.0. The van der Waals surface area contributed by atoms with E-state index < -0.39 is 29.7 Å². The largest absolute Gasteiger partial charge is 0.497 e. The molecular weight excluding hydrogens is 458 g/mol. The van der Waals surface area contributed by atoms with E-state index in [-0.39, 0.29) is 5.91 Å². The van der Waals surface area contributed by atoms with Crippen LogP contribution in [0.2, 0.25) is 0 Å². The van der Waals surface area contributed by atoms with Gasteiger partial charge in [-0.2, -0.15) is 0 Å². The number of carbonyl (C=O) groups is 3. The summed E-state index contributed by atoms with van der Waals surface area (Å²) in [4.78, 5) is 41.0. The van der Waals surface area contributed by atoms with E-state index in [4.69, 9.17) is 9.47 Å². The molecule has 8 heteroatoms. The van der Waals surface area contributed by atoms with Gasteiger partial charge < -0.3 is 25.0 Å². The molecule has 2 rings (SSSR count). The summed E-state index contributed by atoms with van der Waals surface area (Å²) < 4.78 is 10.5. The Morgan fingerprint density at radius 1 is 1.11 bits per heavy atom. The van der Waals surface area contributed by atoms with E-state index in [0.29, 0.717) is 30.0 Å². The lowest BCUT2D eigenvalue weighted by Gasteiger charge is -2.33. The first-order chi connectivity index (χ1) is 17.0. The molecule has 194 valence electrons. The second kappa shape index (κ2) is 12.8. The summed E-state index contributed by atoms with van der Waals surface area (Å²) in [5, 5.41) is 5.50. The molecule has 2 aromatic rings. The minimum Gasteiger partial charge on any atom is -0.497 e. The Hall–Kier alpha value is -3.81. The monoisotopic (exact) mass is 495 g/mol. The first kappa shape index (κ1) is 28.4. The van der Waals surface area contributed by atoms with E-state index >= 15 is 0 Å². The van der Waals surface area contributed by atoms with Crippen LogP contribution < -0.4 is 15.4 Å². The third-order valence-electron chi connectivity index (χ3n) is 5.23. The van der Waals surface area contributed by atoms with Gasteiger partial charge in [0.2, 0.25) is 5.91 Å². The molecule has 2 N–H and O–H groups in total. The third-order valence-corrected chi connectivity index (χ3v) is 5.23. The van der Waals surface area contributed by atoms with E-state index in [2.05, 4.69) is 17.2 Å². The molecule has 0 bridgehead atoms. The van der Waals surface area contributed by atoms with Crippen molar-refractivity contribution in [2.75, 3.05) is 19.0 Å². The van der Waals surface area contributed by atoms with Crippen molar-refractivity contribution in [2.24, 2.45) is 0 Å². The smallest absolute Gasteiger partial charge is 0.408 e. The number of hydrogen-bond donors (Lipinski definition) is 2. The highest BCUT2D eigenvalue weighted by molar-refractivity contribution is 5.99. The zero-order valence-corrected chi connectivity index (χ0v) is 22.0. The van der Waals surface area contributed by atoms with Crippen LogP contribution in [-0.2, 0) is 14.3 Å². The van der Waals surface area contributed by atoms with Crippen molar-refractivity contribution in [1.29, 1.82) is 0 Å². The van der Waals surface area contributed by atoms with Gasteiger partial charge in [0.1, 0.15) is 23.4 Å². The lowest BCUT2D eigenvalue weighted by molar-refractivity contribution is -0.140. The van der Waals surface area contributed by atoms with Crippen LogP contribution in [0.3, 0.4) is 0 Å². The number of amides is 3. The number of nitrogens with zero attached hydrogens (tertiary/aromatic N) is 1. The number of nitrogens with one attached hydrogen (secondary N) is 2. The predicted molar refractivity (Wildman–Crippen MR) is 142 cm³/mol. The molecule has 0 saturated carbocycles. The molecule has 0 saturated heterocycles. The average molecular weight is 496 g/mol. The van der Waals surface area contributed by atoms with E-state index in [1.807, 2.05) is 25.1 Å². The zero-order chi connectivity index (χ0) is 26.9. The Morgan fingerprint density at radius 2 is 1.78 bits per heavy atom. The van der Waals surface area contributed by atoms with Gasteiger partial charge in [0.15, 0.2) is 0 Å². The fourth-order valence-corrected chi connectivity index (χ4v) is 3.62. The average Bonchev–Trinajstić information content (AvgIpc) is 2.82. The van der Waals surface area contributed by atoms with Crippen molar-refractivity contribution in [3.8, 4) is 5.75 Å². The summed E-state index contributed by atoms with van der Waals surface area (Å²) in [7, 11) is 1.57. The molecule has 2 unspecified atom stereocenters. The van der Waals surface area contributed by atoms with Gasteiger partial charge in [0.25, 0.3) is 5.91 Å². The molecule has 0 fully saturated rings. The molecular formula is C28H37N3O5. The quantitative estimate of drug-likeness (QED) is 0.474. The third kappa shape index (κ3) is 8.15. The number of anilines is 1. The fraction of sp³-hybridized carbons (Fsp3) is 0.393. The van der Waals surface area contributed by atoms with Gasteiger partial charge in [-0.1, -0.05) is 37.8 Å². The summed E-state index contributed by atoms with van der Waals surface area (Å²) >= 11 is 0. The molecule has 8 nitrogen and oxygen atoms in total. The molecule has 0 aromatic heterocycles. The number of benzene rings is 2. The SMILES string of the molecule is C=Cc1cccc(C(C(=O)Nc2ccc(OC)cc2)N(CCC)C(=O)C(C)NC(=O)OC(C)(C)C)c1. The van der Waals surface area contributed by atoms with Crippen LogP contribution in [-0.4, -0.2) is 48.1 Å². The molecule has 2 atom stereocenters. The first-order valence-corrected chi connectivity index (χ1v) is 12.0. The highest BCUT2D eigenvalue weighted by Gasteiger charge is 2.34. The molecule has 0 heterocycles. The van der Waals surface area contributed by atoms with Gasteiger partial charge >= 0.3 is 6.09 Å². The molecule has 36 heavy (non-hydrogen) atoms. The Balaban J connectivity index is 2.41. The van der Waals surface area contributed by atoms with E-state index in [1.54, 1.807) is 71.2 Å². The predicted octanol–water partition coefficient (Wildman–Crippen LogP) is 5.17. The maximum Gasteiger partial charge on any atom is 0.408 e. The maximum absolute atomic E-state index is 13.6. The Kier molecular flexibility index (Phi) is 10.1. The number of alkyl carbamates (subject to hydrolysis) is 1. The first-order valence-electron chi connectivity index (χ1n) is 12.0. The van der Waals surface area contributed by atoms with Gasteiger partial charge in [-0.3, -0.25) is 9.59 Å². The molecule has 0 radical (unpaired) electrons. The highest BCUT2D eigenvalue weighted by Crippen LogP contribution is 2.26. The lowest BCUT2D eigenvalue weighted by atomic mass is 10.00. The Bertz CT molecular complexity index is 1060. The maximum atomic E-state index is 13.6. The van der Waals surface area contributed by atoms with Crippen LogP contribution in [0.15, 0.2) is 55.1 Å². The Morgan fingerprint density at radius 3 is 2.33 bits per heavy atom. The molecule has 2 aromatic carbocycles. The fourth-order valence-electron chi connectivity index (χ4n) is 3.62. The normalized spacial score (nSPS) is 12.6. The minimum atomic E-state index is -0.942. The van der Waals surface area contributed by atoms with Crippen LogP contribution >= 0.6 is 0 Å². The van der Waals surface area contributed by atoms with E-state index in [9.17, 15) is 14.4 Å². The standard InChI is InChI=1S/C28H37N3O5/c1-8-17-31(26(33)19(3)29-27(34)36-28(4,5)6)24(21-12-10-11-20(9-2)18-21)25(32)30-22-13-15-23(35-7)16-14-22/h9-16,18-19,24H,2,8,17H2,1,3-7H3,(H,29,34)(H,30,32). The molecule has 0 aliphatic carbocycles. The summed E-state index contributed by atoms with van der Waals surface area (Å²) in [5.74, 6) is -0.123. The van der Waals surface area contributed by atoms with Crippen molar-refractivity contribution in [1.82, 2.24) is 10.2 Å². The second-order valence-corrected chi connectivity index (χ2v) is 9.39. The van der Waals surface area contributed by atoms with Crippen LogP contribution in [0.5, 0.6) is 5.75 Å². The molecule has 0 aliphatic heterocycles. The van der Waals surface area contributed by atoms with Gasteiger partial charge in [-0.15, -0.1) is 0 Å². The second-order valence-electron chi connectivity index (χ2n) is 9.39. The van der Waals surface area contributed by atoms with Crippen molar-refractivity contribution in [2.45, 2.75) is 58.7 Å². The summed E-state index contributed by atoms with van der Waals surface area (Å²) in [6.45, 7) is 12.8. The van der Waals surface area contributed by atoms with Crippen molar-refractivity contribution in [3.05, 3.63) is 66.2 Å². The summed E-state index contributed by atoms with van der Waals surface area (Å²) in [6, 6.07) is 12.4. The summed E-state index contributed by atoms with van der Waals surface area (Å²) in [6.07, 6.45) is 1.59. The lowest BCUT2D eigenvalue weighted by Crippen LogP contribution is -2.51.